The number of likely N-dealkylation sites (N-methyl/N-ethyl adjacent to an activating group) is 1. The van der Waals surface area contributed by atoms with Gasteiger partial charge in [-0.3, -0.25) is 0 Å². The summed E-state index contributed by atoms with van der Waals surface area (Å²) in [4.78, 5) is 2.50. The van der Waals surface area contributed by atoms with Crippen LogP contribution in [0.1, 0.15) is 71.1 Å². The highest BCUT2D eigenvalue weighted by Gasteiger charge is 2.34. The molecule has 0 aromatic heterocycles. The van der Waals surface area contributed by atoms with Gasteiger partial charge in [0, 0.05) is 18.1 Å². The van der Waals surface area contributed by atoms with Crippen molar-refractivity contribution in [2.75, 3.05) is 20.6 Å². The first kappa shape index (κ1) is 15.3. The average molecular weight is 266 g/mol. The normalized spacial score (nSPS) is 31.6. The Kier molecular flexibility index (Phi) is 5.70. The van der Waals surface area contributed by atoms with Crippen molar-refractivity contribution >= 4 is 0 Å². The molecule has 0 radical (unpaired) electrons. The third-order valence-corrected chi connectivity index (χ3v) is 5.81. The molecule has 2 nitrogen and oxygen atoms in total. The van der Waals surface area contributed by atoms with Crippen LogP contribution in [-0.4, -0.2) is 37.1 Å². The summed E-state index contributed by atoms with van der Waals surface area (Å²) >= 11 is 0. The largest absolute Gasteiger partial charge is 0.312 e. The first-order valence-electron chi connectivity index (χ1n) is 8.57. The van der Waals surface area contributed by atoms with Gasteiger partial charge in [-0.2, -0.15) is 0 Å². The van der Waals surface area contributed by atoms with Gasteiger partial charge in [0.1, 0.15) is 0 Å². The molecule has 2 atom stereocenters. The standard InChI is InChI=1S/C17H34N2/c1-4-15-9-8-10-16(13-15)18-14-17(19(2)3)11-6-5-7-12-17/h15-16,18H,4-14H2,1-3H3. The van der Waals surface area contributed by atoms with Gasteiger partial charge in [0.05, 0.1) is 0 Å². The van der Waals surface area contributed by atoms with Crippen LogP contribution in [0.4, 0.5) is 0 Å². The first-order chi connectivity index (χ1) is 9.16. The second-order valence-electron chi connectivity index (χ2n) is 7.20. The average Bonchev–Trinajstić information content (AvgIpc) is 2.46. The molecule has 0 aromatic rings. The maximum absolute atomic E-state index is 3.94. The van der Waals surface area contributed by atoms with E-state index < -0.39 is 0 Å². The van der Waals surface area contributed by atoms with E-state index in [0.717, 1.165) is 12.0 Å². The summed E-state index contributed by atoms with van der Waals surface area (Å²) in [6.07, 6.45) is 14.1. The van der Waals surface area contributed by atoms with E-state index in [1.54, 1.807) is 0 Å². The molecule has 1 N–H and O–H groups in total. The minimum absolute atomic E-state index is 0.442. The molecular formula is C17H34N2. The molecule has 2 unspecified atom stereocenters. The molecule has 19 heavy (non-hydrogen) atoms. The van der Waals surface area contributed by atoms with Gasteiger partial charge in [0.25, 0.3) is 0 Å². The summed E-state index contributed by atoms with van der Waals surface area (Å²) < 4.78 is 0. The van der Waals surface area contributed by atoms with Gasteiger partial charge in [-0.15, -0.1) is 0 Å². The lowest BCUT2D eigenvalue weighted by Crippen LogP contribution is -2.54. The Morgan fingerprint density at radius 1 is 1.05 bits per heavy atom. The van der Waals surface area contributed by atoms with Gasteiger partial charge in [-0.1, -0.05) is 45.4 Å². The van der Waals surface area contributed by atoms with Gasteiger partial charge in [-0.05, 0) is 45.7 Å². The molecule has 0 aliphatic heterocycles. The number of nitrogens with zero attached hydrogens (tertiary/aromatic N) is 1. The zero-order valence-electron chi connectivity index (χ0n) is 13.4. The van der Waals surface area contributed by atoms with Crippen LogP contribution < -0.4 is 5.32 Å². The second kappa shape index (κ2) is 7.08. The molecular weight excluding hydrogens is 232 g/mol. The molecule has 2 aliphatic carbocycles. The third kappa shape index (κ3) is 3.95. The zero-order chi connectivity index (χ0) is 13.7. The van der Waals surface area contributed by atoms with E-state index in [-0.39, 0.29) is 0 Å². The molecule has 2 saturated carbocycles. The van der Waals surface area contributed by atoms with Crippen molar-refractivity contribution in [3.63, 3.8) is 0 Å². The predicted molar refractivity (Wildman–Crippen MR) is 83.5 cm³/mol. The number of rotatable bonds is 5. The topological polar surface area (TPSA) is 15.3 Å². The summed E-state index contributed by atoms with van der Waals surface area (Å²) in [5.74, 6) is 0.980. The third-order valence-electron chi connectivity index (χ3n) is 5.81. The van der Waals surface area contributed by atoms with Crippen molar-refractivity contribution < 1.29 is 0 Å². The van der Waals surface area contributed by atoms with Crippen LogP contribution in [0.3, 0.4) is 0 Å². The van der Waals surface area contributed by atoms with Crippen molar-refractivity contribution in [3.8, 4) is 0 Å². The van der Waals surface area contributed by atoms with Crippen LogP contribution in [0.15, 0.2) is 0 Å². The Balaban J connectivity index is 1.84. The van der Waals surface area contributed by atoms with Gasteiger partial charge in [0.15, 0.2) is 0 Å². The lowest BCUT2D eigenvalue weighted by molar-refractivity contribution is 0.0911. The SMILES string of the molecule is CCC1CCCC(NCC2(N(C)C)CCCCC2)C1. The molecule has 0 heterocycles. The molecule has 2 aliphatic rings. The Bertz CT molecular complexity index is 256. The van der Waals surface area contributed by atoms with E-state index in [9.17, 15) is 0 Å². The number of hydrogen-bond donors (Lipinski definition) is 1. The van der Waals surface area contributed by atoms with Gasteiger partial charge < -0.3 is 10.2 Å². The molecule has 112 valence electrons. The minimum atomic E-state index is 0.442. The highest BCUT2D eigenvalue weighted by Crippen LogP contribution is 2.33. The Morgan fingerprint density at radius 3 is 2.42 bits per heavy atom. The molecule has 2 fully saturated rings. The minimum Gasteiger partial charge on any atom is -0.312 e. The van der Waals surface area contributed by atoms with Crippen LogP contribution in [0.25, 0.3) is 0 Å². The smallest absolute Gasteiger partial charge is 0.0327 e. The highest BCUT2D eigenvalue weighted by atomic mass is 15.2. The lowest BCUT2D eigenvalue weighted by atomic mass is 9.79. The number of hydrogen-bond acceptors (Lipinski definition) is 2. The maximum Gasteiger partial charge on any atom is 0.0327 e. The van der Waals surface area contributed by atoms with Crippen LogP contribution in [0.5, 0.6) is 0 Å². The van der Waals surface area contributed by atoms with E-state index in [2.05, 4.69) is 31.2 Å². The van der Waals surface area contributed by atoms with E-state index in [1.807, 2.05) is 0 Å². The first-order valence-corrected chi connectivity index (χ1v) is 8.57. The molecule has 2 heteroatoms. The van der Waals surface area contributed by atoms with Crippen LogP contribution in [0.2, 0.25) is 0 Å². The summed E-state index contributed by atoms with van der Waals surface area (Å²) in [5, 5.41) is 3.94. The maximum atomic E-state index is 3.94. The van der Waals surface area contributed by atoms with Crippen LogP contribution in [0, 0.1) is 5.92 Å². The van der Waals surface area contributed by atoms with Gasteiger partial charge in [0.2, 0.25) is 0 Å². The molecule has 0 saturated heterocycles. The summed E-state index contributed by atoms with van der Waals surface area (Å²) in [6, 6.07) is 0.789. The van der Waals surface area contributed by atoms with Crippen molar-refractivity contribution in [1.29, 1.82) is 0 Å². The van der Waals surface area contributed by atoms with Crippen molar-refractivity contribution in [1.82, 2.24) is 10.2 Å². The Labute approximate surface area is 120 Å². The fourth-order valence-corrected chi connectivity index (χ4v) is 4.17. The highest BCUT2D eigenvalue weighted by molar-refractivity contribution is 4.94. The van der Waals surface area contributed by atoms with E-state index in [4.69, 9.17) is 0 Å². The Hall–Kier alpha value is -0.0800. The molecule has 2 rings (SSSR count). The quantitative estimate of drug-likeness (QED) is 0.814. The summed E-state index contributed by atoms with van der Waals surface area (Å²) in [5.41, 5.74) is 0.442. The lowest BCUT2D eigenvalue weighted by Gasteiger charge is -2.44. The van der Waals surface area contributed by atoms with Crippen LogP contribution >= 0.6 is 0 Å². The molecule has 0 aromatic carbocycles. The molecule has 0 bridgehead atoms. The van der Waals surface area contributed by atoms with E-state index in [1.165, 1.54) is 70.8 Å². The monoisotopic (exact) mass is 266 g/mol. The van der Waals surface area contributed by atoms with Crippen LogP contribution in [-0.2, 0) is 0 Å². The summed E-state index contributed by atoms with van der Waals surface area (Å²) in [7, 11) is 4.56. The predicted octanol–water partition coefficient (Wildman–Crippen LogP) is 3.81. The van der Waals surface area contributed by atoms with E-state index >= 15 is 0 Å². The zero-order valence-corrected chi connectivity index (χ0v) is 13.4. The van der Waals surface area contributed by atoms with Crippen molar-refractivity contribution in [2.45, 2.75) is 82.7 Å². The second-order valence-corrected chi connectivity index (χ2v) is 7.20. The van der Waals surface area contributed by atoms with Gasteiger partial charge >= 0.3 is 0 Å². The van der Waals surface area contributed by atoms with Crippen molar-refractivity contribution in [3.05, 3.63) is 0 Å². The molecule has 0 amide bonds. The Morgan fingerprint density at radius 2 is 1.79 bits per heavy atom. The van der Waals surface area contributed by atoms with E-state index in [0.29, 0.717) is 5.54 Å². The van der Waals surface area contributed by atoms with Crippen molar-refractivity contribution in [2.24, 2.45) is 5.92 Å². The summed E-state index contributed by atoms with van der Waals surface area (Å²) in [6.45, 7) is 3.57. The number of nitrogens with one attached hydrogen (secondary N) is 1. The fourth-order valence-electron chi connectivity index (χ4n) is 4.17. The van der Waals surface area contributed by atoms with Gasteiger partial charge in [-0.25, -0.2) is 0 Å². The fraction of sp³-hybridized carbons (Fsp3) is 1.00. The molecule has 0 spiro atoms.